The van der Waals surface area contributed by atoms with E-state index in [0.29, 0.717) is 34.5 Å². The van der Waals surface area contributed by atoms with Crippen LogP contribution in [0.25, 0.3) is 23.1 Å². The van der Waals surface area contributed by atoms with Gasteiger partial charge in [-0.15, -0.1) is 11.3 Å². The average Bonchev–Trinajstić information content (AvgIpc) is 3.95. The number of hydrogen-bond donors (Lipinski definition) is 10. The molecule has 0 radical (unpaired) electrons. The van der Waals surface area contributed by atoms with Gasteiger partial charge in [-0.3, -0.25) is 43.2 Å². The van der Waals surface area contributed by atoms with E-state index in [4.69, 9.17) is 4.74 Å². The number of carbonyl (C=O) groups is 9. The first-order chi connectivity index (χ1) is 31.0. The number of Topliss-reactive ketones (excluding diaryl/α,β-unsaturated/α-hetero) is 1. The molecule has 0 fully saturated rings. The van der Waals surface area contributed by atoms with Gasteiger partial charge in [0.2, 0.25) is 35.8 Å². The van der Waals surface area contributed by atoms with Gasteiger partial charge >= 0.3 is 0 Å². The zero-order chi connectivity index (χ0) is 47.8. The van der Waals surface area contributed by atoms with E-state index in [1.54, 1.807) is 51.4 Å². The summed E-state index contributed by atoms with van der Waals surface area (Å²) in [7, 11) is 1.39. The summed E-state index contributed by atoms with van der Waals surface area (Å²) in [5, 5.41) is 32.9. The number of nitrogens with one attached hydrogen (secondary N) is 9. The lowest BCUT2D eigenvalue weighted by atomic mass is 9.94. The molecule has 65 heavy (non-hydrogen) atoms. The lowest BCUT2D eigenvalue weighted by Gasteiger charge is -2.28. The molecule has 21 nitrogen and oxygen atoms in total. The fraction of sp³-hybridized carbons (Fsp3) is 0.442. The van der Waals surface area contributed by atoms with E-state index in [2.05, 4.69) is 52.5 Å². The molecule has 10 N–H and O–H groups in total. The smallest absolute Gasteiger partial charge is 0.290 e. The largest absolute Gasteiger partial charge is 0.382 e. The average molecular weight is 921 g/mol. The van der Waals surface area contributed by atoms with Crippen molar-refractivity contribution in [3.05, 3.63) is 63.9 Å². The van der Waals surface area contributed by atoms with E-state index in [0.717, 1.165) is 22.9 Å². The van der Waals surface area contributed by atoms with Crippen LogP contribution in [0.15, 0.2) is 47.6 Å². The van der Waals surface area contributed by atoms with Gasteiger partial charge in [0.25, 0.3) is 17.7 Å². The summed E-state index contributed by atoms with van der Waals surface area (Å²) < 4.78 is 5.30. The third kappa shape index (κ3) is 14.1. The highest BCUT2D eigenvalue weighted by Gasteiger charge is 2.36. The second kappa shape index (κ2) is 24.3. The first-order valence-electron chi connectivity index (χ1n) is 20.9. The number of aliphatic hydroxyl groups excluding tert-OH is 1. The molecule has 8 atom stereocenters. The number of aliphatic hydroxyl groups is 1. The lowest BCUT2D eigenvalue weighted by Crippen LogP contribution is -2.61. The normalized spacial score (nSPS) is 22.3. The molecule has 350 valence electrons. The lowest BCUT2D eigenvalue weighted by molar-refractivity contribution is -0.142. The standard InChI is InChI=1S/C43H56N10O11S/c1-7-22(3)34-36(57)42(63)51-31(19-64-6)43-48-26(20-65-43)13-14-33(56)49-29(15-25-16-45-28-12-10-9-11-27(25)28)38(59)46-17-30(39(60)47-24(5)37(58)52-34)50-41(62)35(23(4)8-2)53-40(61)32(55)18-44-21-54/h9-16,20-24,30-32,34-35,45,55H,7-8,17-19H2,1-6H3,(H,44,54)(H,46,59)(H,47,60)(H,49,56)(H,50,62)(H,51,63)(H,52,58)(H,53,61)/b14-13+,29-15-/t22?,23?,24-,30-,31-,32+,34-,35-/m0/s1. The van der Waals surface area contributed by atoms with Crippen molar-refractivity contribution in [1.29, 1.82) is 0 Å². The Labute approximate surface area is 378 Å². The third-order valence-electron chi connectivity index (χ3n) is 10.7. The number of ketones is 1. The van der Waals surface area contributed by atoms with Gasteiger partial charge in [0, 0.05) is 47.8 Å². The van der Waals surface area contributed by atoms with Crippen LogP contribution in [0.5, 0.6) is 0 Å². The van der Waals surface area contributed by atoms with Crippen molar-refractivity contribution < 1.29 is 53.0 Å². The highest BCUT2D eigenvalue weighted by Crippen LogP contribution is 2.22. The second-order valence-electron chi connectivity index (χ2n) is 15.4. The summed E-state index contributed by atoms with van der Waals surface area (Å²) in [4.78, 5) is 128. The summed E-state index contributed by atoms with van der Waals surface area (Å²) in [5.74, 6) is -8.54. The maximum atomic E-state index is 14.1. The van der Waals surface area contributed by atoms with Crippen molar-refractivity contribution in [2.45, 2.75) is 83.8 Å². The number of rotatable bonds is 14. The van der Waals surface area contributed by atoms with E-state index < -0.39 is 108 Å². The number of benzene rings is 1. The Morgan fingerprint density at radius 2 is 1.72 bits per heavy atom. The molecular weight excluding hydrogens is 865 g/mol. The number of ether oxygens (including phenoxy) is 1. The summed E-state index contributed by atoms with van der Waals surface area (Å²) in [6.07, 6.45) is 4.79. The predicted octanol–water partition coefficient (Wildman–Crippen LogP) is -0.544. The quantitative estimate of drug-likeness (QED) is 0.0554. The van der Waals surface area contributed by atoms with Crippen LogP contribution in [0.3, 0.4) is 0 Å². The molecule has 2 aromatic heterocycles. The molecule has 0 spiro atoms. The number of nitrogens with zero attached hydrogens (tertiary/aromatic N) is 1. The van der Waals surface area contributed by atoms with Gasteiger partial charge in [-0.05, 0) is 37.0 Å². The Bertz CT molecular complexity index is 2290. The topological polar surface area (TPSA) is 308 Å². The van der Waals surface area contributed by atoms with Crippen LogP contribution in [0.2, 0.25) is 0 Å². The number of aromatic amines is 1. The predicted molar refractivity (Wildman–Crippen MR) is 239 cm³/mol. The van der Waals surface area contributed by atoms with Crippen LogP contribution in [0.1, 0.15) is 69.8 Å². The van der Waals surface area contributed by atoms with Gasteiger partial charge in [0.05, 0.1) is 24.9 Å². The van der Waals surface area contributed by atoms with E-state index in [1.807, 2.05) is 12.1 Å². The molecule has 1 aromatic carbocycles. The van der Waals surface area contributed by atoms with Crippen molar-refractivity contribution in [2.75, 3.05) is 26.8 Å². The molecule has 4 rings (SSSR count). The Hall–Kier alpha value is -6.78. The number of hydrogen-bond acceptors (Lipinski definition) is 13. The van der Waals surface area contributed by atoms with Crippen LogP contribution in [0.4, 0.5) is 0 Å². The van der Waals surface area contributed by atoms with E-state index in [9.17, 15) is 48.3 Å². The van der Waals surface area contributed by atoms with Gasteiger partial charge in [-0.1, -0.05) is 58.7 Å². The molecular formula is C43H56N10O11S. The Morgan fingerprint density at radius 1 is 0.985 bits per heavy atom. The van der Waals surface area contributed by atoms with Crippen LogP contribution in [0, 0.1) is 11.8 Å². The van der Waals surface area contributed by atoms with E-state index >= 15 is 0 Å². The molecule has 22 heteroatoms. The third-order valence-corrected chi connectivity index (χ3v) is 11.6. The van der Waals surface area contributed by atoms with Crippen molar-refractivity contribution in [2.24, 2.45) is 11.8 Å². The maximum Gasteiger partial charge on any atom is 0.290 e. The highest BCUT2D eigenvalue weighted by atomic mass is 32.1. The number of amides is 8. The van der Waals surface area contributed by atoms with Crippen LogP contribution >= 0.6 is 11.3 Å². The zero-order valence-corrected chi connectivity index (χ0v) is 37.6. The highest BCUT2D eigenvalue weighted by molar-refractivity contribution is 7.09. The maximum absolute atomic E-state index is 14.1. The number of carbonyl (C=O) groups excluding carboxylic acids is 9. The molecule has 2 bridgehead atoms. The van der Waals surface area contributed by atoms with Crippen LogP contribution < -0.4 is 42.5 Å². The number of fused-ring (bicyclic) bond motifs is 3. The number of methoxy groups -OCH3 is 1. The van der Waals surface area contributed by atoms with Crippen molar-refractivity contribution in [3.63, 3.8) is 0 Å². The van der Waals surface area contributed by atoms with Gasteiger partial charge in [-0.25, -0.2) is 4.98 Å². The number of aromatic nitrogens is 2. The van der Waals surface area contributed by atoms with E-state index in [-0.39, 0.29) is 18.7 Å². The van der Waals surface area contributed by atoms with Gasteiger partial charge in [0.1, 0.15) is 41.0 Å². The minimum absolute atomic E-state index is 0.0836. The number of H-pyrrole nitrogens is 1. The molecule has 0 saturated heterocycles. The fourth-order valence-electron chi connectivity index (χ4n) is 6.44. The molecule has 1 aliphatic rings. The SMILES string of the molecule is CCC(C)[C@H](NC(=O)[C@H](O)CNC=O)C(=O)N[C@H]1CNC(=O)/C(=C/c2c[nH]c3ccccc23)NC(=O)/C=C/c2csc(n2)[C@H](COC)NC(=O)C(=O)[C@H](C(C)CC)NC(=O)[C@H](C)NC1=O. The van der Waals surface area contributed by atoms with E-state index in [1.165, 1.54) is 26.2 Å². The van der Waals surface area contributed by atoms with Gasteiger partial charge in [0.15, 0.2) is 0 Å². The van der Waals surface area contributed by atoms with Gasteiger partial charge in [-0.2, -0.15) is 0 Å². The Kier molecular flexibility index (Phi) is 19.0. The molecule has 0 saturated carbocycles. The van der Waals surface area contributed by atoms with Crippen molar-refractivity contribution in [3.8, 4) is 0 Å². The Morgan fingerprint density at radius 3 is 2.42 bits per heavy atom. The molecule has 8 amide bonds. The monoisotopic (exact) mass is 920 g/mol. The Balaban J connectivity index is 1.77. The number of thiazole rings is 1. The van der Waals surface area contributed by atoms with Crippen LogP contribution in [-0.2, 0) is 47.9 Å². The molecule has 1 aliphatic heterocycles. The summed E-state index contributed by atoms with van der Waals surface area (Å²) in [6, 6.07) is 0.593. The molecule has 0 aliphatic carbocycles. The molecule has 2 unspecified atom stereocenters. The second-order valence-corrected chi connectivity index (χ2v) is 16.3. The van der Waals surface area contributed by atoms with Crippen molar-refractivity contribution in [1.82, 2.24) is 52.5 Å². The first-order valence-corrected chi connectivity index (χ1v) is 21.8. The zero-order valence-electron chi connectivity index (χ0n) is 36.8. The summed E-state index contributed by atoms with van der Waals surface area (Å²) in [5.41, 5.74) is 1.29. The van der Waals surface area contributed by atoms with Crippen LogP contribution in [-0.4, -0.2) is 126 Å². The fourth-order valence-corrected chi connectivity index (χ4v) is 7.26. The first kappa shape index (κ1) is 50.9. The number of para-hydroxylation sites is 1. The minimum atomic E-state index is -1.73. The molecule has 3 heterocycles. The van der Waals surface area contributed by atoms with Gasteiger partial charge < -0.3 is 57.4 Å². The minimum Gasteiger partial charge on any atom is -0.382 e. The summed E-state index contributed by atoms with van der Waals surface area (Å²) in [6.45, 7) is 6.92. The van der Waals surface area contributed by atoms with Crippen molar-refractivity contribution >= 4 is 87.9 Å². The molecule has 3 aromatic rings. The summed E-state index contributed by atoms with van der Waals surface area (Å²) >= 11 is 1.13.